The number of nitrogens with zero attached hydrogens (tertiary/aromatic N) is 3. The summed E-state index contributed by atoms with van der Waals surface area (Å²) in [5.74, 6) is 0. The van der Waals surface area contributed by atoms with Crippen LogP contribution in [0.25, 0.3) is 0 Å². The SMILES string of the molecule is On1ccccc1=S.[O-]n1ccccc1=S.[O-]n1ccccc1=S.[Zn+2]. The average Bonchev–Trinajstić information content (AvgIpc) is 2.57. The summed E-state index contributed by atoms with van der Waals surface area (Å²) in [7, 11) is 0. The van der Waals surface area contributed by atoms with Crippen LogP contribution in [-0.2, 0) is 19.5 Å². The molecule has 10 heteroatoms. The van der Waals surface area contributed by atoms with Gasteiger partial charge in [-0.05, 0) is 48.8 Å². The molecule has 3 aromatic heterocycles. The van der Waals surface area contributed by atoms with Crippen molar-refractivity contribution >= 4 is 36.7 Å². The van der Waals surface area contributed by atoms with Crippen LogP contribution in [0.3, 0.4) is 0 Å². The Hall–Kier alpha value is -1.87. The van der Waals surface area contributed by atoms with E-state index in [0.29, 0.717) is 23.4 Å². The second-order valence-electron chi connectivity index (χ2n) is 4.11. The summed E-state index contributed by atoms with van der Waals surface area (Å²) in [5.41, 5.74) is 0. The molecule has 126 valence electrons. The van der Waals surface area contributed by atoms with Crippen molar-refractivity contribution in [2.24, 2.45) is 0 Å². The van der Waals surface area contributed by atoms with Crippen LogP contribution in [0.15, 0.2) is 73.2 Å². The molecule has 0 aliphatic carbocycles. The van der Waals surface area contributed by atoms with Crippen molar-refractivity contribution in [1.29, 1.82) is 0 Å². The fourth-order valence-corrected chi connectivity index (χ4v) is 1.66. The molecule has 0 fully saturated rings. The van der Waals surface area contributed by atoms with E-state index >= 15 is 0 Å². The first-order valence-corrected chi connectivity index (χ1v) is 7.71. The van der Waals surface area contributed by atoms with Crippen molar-refractivity contribution in [3.05, 3.63) is 97.5 Å². The minimum atomic E-state index is 0. The first-order valence-electron chi connectivity index (χ1n) is 6.49. The maximum Gasteiger partial charge on any atom is 2.00 e. The van der Waals surface area contributed by atoms with Gasteiger partial charge in [0, 0.05) is 6.20 Å². The van der Waals surface area contributed by atoms with Crippen molar-refractivity contribution in [3.63, 3.8) is 0 Å². The van der Waals surface area contributed by atoms with Gasteiger partial charge in [0.2, 0.25) is 0 Å². The average molecular weight is 445 g/mol. The first-order chi connectivity index (χ1) is 11.4. The van der Waals surface area contributed by atoms with Gasteiger partial charge in [-0.3, -0.25) is 0 Å². The standard InChI is InChI=1S/C5H5NOS.2C5H4NOS.Zn/c3*7-6-4-2-1-3-5(6)8;/h1-4,7H;2*1-4H;/q;2*-1;+2. The first kappa shape index (κ1) is 23.1. The van der Waals surface area contributed by atoms with Gasteiger partial charge in [-0.15, -0.1) is 0 Å². The molecule has 0 aliphatic rings. The zero-order chi connectivity index (χ0) is 17.9. The quantitative estimate of drug-likeness (QED) is 0.310. The summed E-state index contributed by atoms with van der Waals surface area (Å²) in [5, 5.41) is 29.6. The van der Waals surface area contributed by atoms with Gasteiger partial charge in [0.05, 0.1) is 0 Å². The zero-order valence-corrected chi connectivity index (χ0v) is 18.4. The minimum Gasteiger partial charge on any atom is -0.805 e. The van der Waals surface area contributed by atoms with Crippen molar-refractivity contribution in [3.8, 4) is 0 Å². The van der Waals surface area contributed by atoms with Gasteiger partial charge in [-0.2, -0.15) is 4.73 Å². The molecule has 1 N–H and O–H groups in total. The Bertz CT molecular complexity index is 818. The van der Waals surface area contributed by atoms with E-state index in [-0.39, 0.29) is 19.5 Å². The number of hydrogen-bond acceptors (Lipinski definition) is 6. The van der Waals surface area contributed by atoms with E-state index in [2.05, 4.69) is 36.7 Å². The van der Waals surface area contributed by atoms with Gasteiger partial charge < -0.3 is 25.1 Å². The van der Waals surface area contributed by atoms with Crippen LogP contribution in [0.1, 0.15) is 0 Å². The summed E-state index contributed by atoms with van der Waals surface area (Å²) in [4.78, 5) is 0. The van der Waals surface area contributed by atoms with E-state index in [1.165, 1.54) is 18.6 Å². The molecule has 0 bridgehead atoms. The van der Waals surface area contributed by atoms with Gasteiger partial charge in [0.15, 0.2) is 0 Å². The van der Waals surface area contributed by atoms with Crippen molar-refractivity contribution < 1.29 is 24.7 Å². The summed E-state index contributed by atoms with van der Waals surface area (Å²) < 4.78 is 3.24. The third-order valence-corrected chi connectivity index (χ3v) is 3.34. The fourth-order valence-electron chi connectivity index (χ4n) is 1.24. The molecule has 0 atom stereocenters. The third kappa shape index (κ3) is 9.26. The van der Waals surface area contributed by atoms with Gasteiger partial charge in [-0.1, -0.05) is 54.9 Å². The van der Waals surface area contributed by atoms with E-state index in [9.17, 15) is 10.4 Å². The Kier molecular flexibility index (Phi) is 11.6. The molecule has 0 radical (unpaired) electrons. The van der Waals surface area contributed by atoms with Crippen LogP contribution in [-0.4, -0.2) is 19.4 Å². The molecule has 0 amide bonds. The predicted molar refractivity (Wildman–Crippen MR) is 101 cm³/mol. The van der Waals surface area contributed by atoms with Crippen molar-refractivity contribution in [1.82, 2.24) is 14.2 Å². The Morgan fingerprint density at radius 2 is 1.00 bits per heavy atom. The van der Waals surface area contributed by atoms with Gasteiger partial charge >= 0.3 is 19.5 Å². The summed E-state index contributed by atoms with van der Waals surface area (Å²) in [6.07, 6.45) is 4.24. The molecule has 0 aromatic carbocycles. The number of pyridine rings is 3. The maximum absolute atomic E-state index is 10.4. The topological polar surface area (TPSA) is 81.1 Å². The zero-order valence-electron chi connectivity index (χ0n) is 13.0. The molecule has 0 unspecified atom stereocenters. The number of hydrogen-bond donors (Lipinski definition) is 1. The maximum atomic E-state index is 10.4. The molecule has 0 saturated heterocycles. The van der Waals surface area contributed by atoms with E-state index in [1.54, 1.807) is 54.6 Å². The molecule has 25 heavy (non-hydrogen) atoms. The molecule has 0 saturated carbocycles. The van der Waals surface area contributed by atoms with Gasteiger partial charge in [0.25, 0.3) is 0 Å². The Balaban J connectivity index is 0.000000339. The van der Waals surface area contributed by atoms with Crippen LogP contribution in [0, 0.1) is 24.3 Å². The predicted octanol–water partition coefficient (Wildman–Crippen LogP) is 4.58. The van der Waals surface area contributed by atoms with Crippen LogP contribution in [0.2, 0.25) is 0 Å². The van der Waals surface area contributed by atoms with Crippen molar-refractivity contribution in [2.45, 2.75) is 0 Å². The van der Waals surface area contributed by atoms with E-state index < -0.39 is 0 Å². The fraction of sp³-hybridized carbons (Fsp3) is 0. The van der Waals surface area contributed by atoms with Gasteiger partial charge in [-0.25, -0.2) is 0 Å². The normalized spacial score (nSPS) is 8.64. The molecular formula is C15H13N3O3S3Zn. The van der Waals surface area contributed by atoms with Crippen LogP contribution in [0.5, 0.6) is 0 Å². The second-order valence-corrected chi connectivity index (χ2v) is 5.37. The van der Waals surface area contributed by atoms with Crippen LogP contribution >= 0.6 is 36.7 Å². The van der Waals surface area contributed by atoms with Crippen LogP contribution in [0.4, 0.5) is 0 Å². The Morgan fingerprint density at radius 3 is 1.20 bits per heavy atom. The van der Waals surface area contributed by atoms with E-state index in [0.717, 1.165) is 4.73 Å². The van der Waals surface area contributed by atoms with Crippen LogP contribution < -0.4 is 0 Å². The summed E-state index contributed by atoms with van der Waals surface area (Å²) in [6.45, 7) is 0. The largest absolute Gasteiger partial charge is 2.00 e. The smallest absolute Gasteiger partial charge is 0.805 e. The molecule has 0 aliphatic heterocycles. The third-order valence-electron chi connectivity index (χ3n) is 2.38. The summed E-state index contributed by atoms with van der Waals surface area (Å²) in [6, 6.07) is 15.0. The minimum absolute atomic E-state index is 0. The van der Waals surface area contributed by atoms with Crippen molar-refractivity contribution in [2.75, 3.05) is 0 Å². The Labute approximate surface area is 172 Å². The molecule has 3 aromatic rings. The molecular weight excluding hydrogens is 432 g/mol. The van der Waals surface area contributed by atoms with E-state index in [1.807, 2.05) is 0 Å². The molecule has 3 heterocycles. The van der Waals surface area contributed by atoms with Gasteiger partial charge in [0.1, 0.15) is 13.9 Å². The number of rotatable bonds is 0. The number of aromatic nitrogens is 3. The Morgan fingerprint density at radius 1 is 0.640 bits per heavy atom. The van der Waals surface area contributed by atoms with E-state index in [4.69, 9.17) is 5.21 Å². The molecule has 3 rings (SSSR count). The second kappa shape index (κ2) is 12.5. The molecule has 6 nitrogen and oxygen atoms in total. The summed E-state index contributed by atoms with van der Waals surface area (Å²) >= 11 is 13.9. The molecule has 0 spiro atoms. The monoisotopic (exact) mass is 443 g/mol.